The van der Waals surface area contributed by atoms with Crippen LogP contribution < -0.4 is 68.6 Å². The summed E-state index contributed by atoms with van der Waals surface area (Å²) in [7, 11) is 2.70. The molecule has 0 spiro atoms. The zero-order chi connectivity index (χ0) is 14.0. The minimum Gasteiger partial charge on any atom is -0.545 e. The molecule has 0 amide bonds. The summed E-state index contributed by atoms with van der Waals surface area (Å²) < 4.78 is 2.19. The molecule has 4 nitrogen and oxygen atoms in total. The van der Waals surface area contributed by atoms with Crippen LogP contribution in [0.1, 0.15) is 28.8 Å². The fourth-order valence-electron chi connectivity index (χ4n) is 2.25. The number of carboxylic acids is 1. The van der Waals surface area contributed by atoms with E-state index in [1.54, 1.807) is 12.1 Å². The number of thiol groups is 1. The Morgan fingerprint density at radius 3 is 2.60 bits per heavy atom. The Morgan fingerprint density at radius 1 is 1.45 bits per heavy atom. The topological polar surface area (TPSA) is 55.4 Å². The second-order valence-electron chi connectivity index (χ2n) is 4.93. The molecule has 1 aliphatic rings. The summed E-state index contributed by atoms with van der Waals surface area (Å²) in [5.41, 5.74) is 1.66. The SMILES string of the molecule is Cc1cc(C(=O)[O-])c(NC2CCN(P)CC2)cc1S.[Rb+]. The summed E-state index contributed by atoms with van der Waals surface area (Å²) in [5, 5.41) is 14.5. The molecule has 7 heteroatoms. The van der Waals surface area contributed by atoms with E-state index in [0.29, 0.717) is 11.7 Å². The van der Waals surface area contributed by atoms with Crippen LogP contribution in [0.3, 0.4) is 0 Å². The first kappa shape index (κ1) is 19.1. The normalized spacial score (nSPS) is 16.6. The zero-order valence-corrected chi connectivity index (χ0v) is 18.8. The van der Waals surface area contributed by atoms with Crippen LogP contribution in [0.25, 0.3) is 0 Å². The van der Waals surface area contributed by atoms with Gasteiger partial charge in [0.15, 0.2) is 0 Å². The molecule has 1 aromatic carbocycles. The number of piperidine rings is 1. The molecular formula is C13H18N2O2PRbS. The number of hydrogen-bond donors (Lipinski definition) is 2. The summed E-state index contributed by atoms with van der Waals surface area (Å²) in [4.78, 5) is 12.0. The van der Waals surface area contributed by atoms with Crippen molar-refractivity contribution in [2.75, 3.05) is 18.4 Å². The number of carbonyl (C=O) groups is 1. The van der Waals surface area contributed by atoms with Gasteiger partial charge in [0.2, 0.25) is 0 Å². The Morgan fingerprint density at radius 2 is 2.05 bits per heavy atom. The molecule has 0 aromatic heterocycles. The van der Waals surface area contributed by atoms with Gasteiger partial charge >= 0.3 is 58.2 Å². The first-order chi connectivity index (χ1) is 8.97. The molecule has 1 saturated heterocycles. The Kier molecular flexibility index (Phi) is 8.22. The smallest absolute Gasteiger partial charge is 0.545 e. The largest absolute Gasteiger partial charge is 1.00 e. The predicted molar refractivity (Wildman–Crippen MR) is 80.7 cm³/mol. The van der Waals surface area contributed by atoms with Crippen LogP contribution in [0.4, 0.5) is 5.69 Å². The first-order valence-corrected chi connectivity index (χ1v) is 7.25. The maximum Gasteiger partial charge on any atom is 1.00 e. The van der Waals surface area contributed by atoms with Crippen molar-refractivity contribution in [2.45, 2.75) is 30.7 Å². The van der Waals surface area contributed by atoms with E-state index < -0.39 is 5.97 Å². The molecule has 1 fully saturated rings. The Bertz CT molecular complexity index is 494. The number of rotatable bonds is 3. The van der Waals surface area contributed by atoms with Crippen LogP contribution in [0.15, 0.2) is 17.0 Å². The summed E-state index contributed by atoms with van der Waals surface area (Å²) in [5.74, 6) is -1.15. The number of aromatic carboxylic acids is 1. The molecule has 1 aromatic rings. The molecular weight excluding hydrogens is 365 g/mol. The summed E-state index contributed by atoms with van der Waals surface area (Å²) >= 11 is 4.35. The van der Waals surface area contributed by atoms with Crippen LogP contribution >= 0.6 is 22.0 Å². The number of nitrogens with zero attached hydrogens (tertiary/aromatic N) is 1. The van der Waals surface area contributed by atoms with Gasteiger partial charge in [-0.25, -0.2) is 0 Å². The van der Waals surface area contributed by atoms with Gasteiger partial charge in [0.05, 0.1) is 5.97 Å². The van der Waals surface area contributed by atoms with Gasteiger partial charge in [-0.3, -0.25) is 4.67 Å². The van der Waals surface area contributed by atoms with Crippen molar-refractivity contribution >= 4 is 33.7 Å². The van der Waals surface area contributed by atoms with Crippen LogP contribution in [-0.4, -0.2) is 29.8 Å². The number of anilines is 1. The van der Waals surface area contributed by atoms with Gasteiger partial charge in [0.25, 0.3) is 0 Å². The monoisotopic (exact) mass is 382 g/mol. The predicted octanol–water partition coefficient (Wildman–Crippen LogP) is -1.68. The minimum absolute atomic E-state index is 0. The molecule has 1 aliphatic heterocycles. The van der Waals surface area contributed by atoms with Gasteiger partial charge in [-0.15, -0.1) is 12.6 Å². The van der Waals surface area contributed by atoms with Crippen LogP contribution in [-0.2, 0) is 0 Å². The average molecular weight is 383 g/mol. The van der Waals surface area contributed by atoms with Crippen LogP contribution in [0.2, 0.25) is 0 Å². The molecule has 1 unspecified atom stereocenters. The number of hydrogen-bond acceptors (Lipinski definition) is 5. The molecule has 0 aliphatic carbocycles. The zero-order valence-electron chi connectivity index (χ0n) is 11.8. The van der Waals surface area contributed by atoms with Gasteiger partial charge in [-0.1, -0.05) is 9.39 Å². The minimum atomic E-state index is -1.15. The summed E-state index contributed by atoms with van der Waals surface area (Å²) in [6.45, 7) is 3.82. The maximum atomic E-state index is 11.2. The Labute approximate surface area is 176 Å². The van der Waals surface area contributed by atoms with Crippen molar-refractivity contribution in [1.29, 1.82) is 0 Å². The van der Waals surface area contributed by atoms with Gasteiger partial charge in [0.1, 0.15) is 0 Å². The molecule has 1 N–H and O–H groups in total. The van der Waals surface area contributed by atoms with Crippen molar-refractivity contribution in [3.05, 3.63) is 23.3 Å². The van der Waals surface area contributed by atoms with E-state index in [1.807, 2.05) is 6.92 Å². The van der Waals surface area contributed by atoms with E-state index in [-0.39, 0.29) is 63.8 Å². The van der Waals surface area contributed by atoms with E-state index in [0.717, 1.165) is 36.4 Å². The van der Waals surface area contributed by atoms with Gasteiger partial charge in [-0.2, -0.15) is 0 Å². The van der Waals surface area contributed by atoms with E-state index in [2.05, 4.69) is 32.0 Å². The number of benzene rings is 1. The first-order valence-electron chi connectivity index (χ1n) is 6.28. The summed E-state index contributed by atoms with van der Waals surface area (Å²) in [6.07, 6.45) is 1.98. The molecule has 1 heterocycles. The van der Waals surface area contributed by atoms with Crippen molar-refractivity contribution < 1.29 is 68.1 Å². The van der Waals surface area contributed by atoms with Crippen molar-refractivity contribution in [3.8, 4) is 0 Å². The molecule has 2 rings (SSSR count). The standard InChI is InChI=1S/C13H19N2O2PS.Rb/c1-8-6-10(13(16)17)11(7-12(8)19)14-9-2-4-15(18)5-3-9;/h6-7,9,14,19H,2-5,18H2,1H3,(H,16,17);/q;+1/p-1. The molecule has 0 saturated carbocycles. The number of aryl methyl sites for hydroxylation is 1. The quantitative estimate of drug-likeness (QED) is 0.484. The fourth-order valence-corrected chi connectivity index (χ4v) is 2.74. The molecule has 104 valence electrons. The van der Waals surface area contributed by atoms with Crippen LogP contribution in [0, 0.1) is 6.92 Å². The van der Waals surface area contributed by atoms with E-state index in [9.17, 15) is 9.90 Å². The second-order valence-corrected chi connectivity index (χ2v) is 6.14. The number of carbonyl (C=O) groups excluding carboxylic acids is 1. The van der Waals surface area contributed by atoms with Crippen LogP contribution in [0.5, 0.6) is 0 Å². The Balaban J connectivity index is 0.00000200. The Hall–Kier alpha value is 1.04. The molecule has 1 atom stereocenters. The maximum absolute atomic E-state index is 11.2. The van der Waals surface area contributed by atoms with E-state index in [1.165, 1.54) is 0 Å². The molecule has 0 bridgehead atoms. The third-order valence-electron chi connectivity index (χ3n) is 3.45. The van der Waals surface area contributed by atoms with Crippen molar-refractivity contribution in [1.82, 2.24) is 4.67 Å². The van der Waals surface area contributed by atoms with Gasteiger partial charge in [0, 0.05) is 35.3 Å². The average Bonchev–Trinajstić information content (AvgIpc) is 2.36. The third-order valence-corrected chi connectivity index (χ3v) is 4.44. The third kappa shape index (κ3) is 5.04. The second kappa shape index (κ2) is 8.61. The number of carboxylic acid groups (broad SMARTS) is 1. The van der Waals surface area contributed by atoms with Gasteiger partial charge in [-0.05, 0) is 37.5 Å². The van der Waals surface area contributed by atoms with Crippen molar-refractivity contribution in [2.24, 2.45) is 0 Å². The summed E-state index contributed by atoms with van der Waals surface area (Å²) in [6, 6.07) is 3.69. The number of nitrogens with one attached hydrogen (secondary N) is 1. The van der Waals surface area contributed by atoms with E-state index in [4.69, 9.17) is 0 Å². The molecule has 20 heavy (non-hydrogen) atoms. The van der Waals surface area contributed by atoms with Crippen molar-refractivity contribution in [3.63, 3.8) is 0 Å². The fraction of sp³-hybridized carbons (Fsp3) is 0.462. The molecule has 0 radical (unpaired) electrons. The van der Waals surface area contributed by atoms with Gasteiger partial charge < -0.3 is 15.2 Å². The van der Waals surface area contributed by atoms with E-state index >= 15 is 0 Å².